The number of hydrogen-bond donors (Lipinski definition) is 3. The fourth-order valence-electron chi connectivity index (χ4n) is 2.80. The van der Waals surface area contributed by atoms with E-state index in [1.807, 2.05) is 5.32 Å². The number of benzene rings is 3. The van der Waals surface area contributed by atoms with Crippen molar-refractivity contribution in [1.29, 1.82) is 0 Å². The zero-order valence-electron chi connectivity index (χ0n) is 17.1. The van der Waals surface area contributed by atoms with Crippen molar-refractivity contribution in [2.75, 3.05) is 16.0 Å². The van der Waals surface area contributed by atoms with Crippen molar-refractivity contribution >= 4 is 29.0 Å². The van der Waals surface area contributed by atoms with Crippen LogP contribution in [-0.2, 0) is 12.4 Å². The number of hydrogen-bond acceptors (Lipinski definition) is 2. The number of amides is 3. The van der Waals surface area contributed by atoms with Gasteiger partial charge in [-0.2, -0.15) is 26.3 Å². The Balaban J connectivity index is 1.72. The van der Waals surface area contributed by atoms with E-state index in [0.717, 1.165) is 42.5 Å². The zero-order valence-corrected chi connectivity index (χ0v) is 17.1. The molecule has 0 aliphatic heterocycles. The largest absolute Gasteiger partial charge is 0.416 e. The van der Waals surface area contributed by atoms with Crippen LogP contribution in [0, 0.1) is 11.6 Å². The van der Waals surface area contributed by atoms with Crippen LogP contribution < -0.4 is 16.0 Å². The Labute approximate surface area is 191 Å². The Kier molecular flexibility index (Phi) is 6.99. The number of carbonyl (C=O) groups excluding carboxylic acids is 2. The van der Waals surface area contributed by atoms with Crippen molar-refractivity contribution in [3.05, 3.63) is 89.0 Å². The first-order valence-corrected chi connectivity index (χ1v) is 9.47. The van der Waals surface area contributed by atoms with E-state index in [2.05, 4.69) is 10.6 Å². The molecule has 0 bridgehead atoms. The molecule has 0 heterocycles. The van der Waals surface area contributed by atoms with E-state index in [-0.39, 0.29) is 17.4 Å². The van der Waals surface area contributed by atoms with Gasteiger partial charge in [0, 0.05) is 11.4 Å². The number of rotatable bonds is 4. The molecule has 0 aliphatic rings. The summed E-state index contributed by atoms with van der Waals surface area (Å²) in [6.45, 7) is 0. The molecule has 13 heteroatoms. The average molecular weight is 503 g/mol. The second-order valence-electron chi connectivity index (χ2n) is 7.00. The van der Waals surface area contributed by atoms with Gasteiger partial charge in [-0.05, 0) is 60.7 Å². The molecule has 3 rings (SSSR count). The lowest BCUT2D eigenvalue weighted by Gasteiger charge is -2.13. The van der Waals surface area contributed by atoms with Crippen LogP contribution in [0.4, 0.5) is 57.0 Å². The molecule has 3 aromatic carbocycles. The number of carbonyl (C=O) groups is 2. The molecular formula is C22H13F8N3O2. The van der Waals surface area contributed by atoms with E-state index in [9.17, 15) is 44.7 Å². The summed E-state index contributed by atoms with van der Waals surface area (Å²) in [7, 11) is 0. The highest BCUT2D eigenvalue weighted by molar-refractivity contribution is 6.05. The van der Waals surface area contributed by atoms with Gasteiger partial charge in [-0.3, -0.25) is 4.79 Å². The first-order chi connectivity index (χ1) is 16.2. The fraction of sp³-hybridized carbons (Fsp3) is 0.0909. The van der Waals surface area contributed by atoms with Gasteiger partial charge in [-0.25, -0.2) is 13.6 Å². The van der Waals surface area contributed by atoms with Crippen molar-refractivity contribution in [1.82, 2.24) is 0 Å². The van der Waals surface area contributed by atoms with Gasteiger partial charge < -0.3 is 16.0 Å². The van der Waals surface area contributed by atoms with Gasteiger partial charge in [0.1, 0.15) is 11.6 Å². The maximum Gasteiger partial charge on any atom is 0.416 e. The highest BCUT2D eigenvalue weighted by Crippen LogP contribution is 2.31. The quantitative estimate of drug-likeness (QED) is 0.339. The Morgan fingerprint density at radius 3 is 1.71 bits per heavy atom. The molecule has 0 spiro atoms. The predicted molar refractivity (Wildman–Crippen MR) is 110 cm³/mol. The molecule has 3 amide bonds. The second-order valence-corrected chi connectivity index (χ2v) is 7.00. The smallest absolute Gasteiger partial charge is 0.319 e. The average Bonchev–Trinajstić information content (AvgIpc) is 2.75. The number of alkyl halides is 6. The van der Waals surface area contributed by atoms with Crippen LogP contribution in [0.2, 0.25) is 0 Å². The first-order valence-electron chi connectivity index (χ1n) is 9.47. The van der Waals surface area contributed by atoms with Crippen LogP contribution in [-0.4, -0.2) is 11.9 Å². The van der Waals surface area contributed by atoms with Crippen molar-refractivity contribution < 1.29 is 44.7 Å². The number of urea groups is 1. The van der Waals surface area contributed by atoms with Crippen molar-refractivity contribution in [3.8, 4) is 0 Å². The topological polar surface area (TPSA) is 70.2 Å². The van der Waals surface area contributed by atoms with Crippen LogP contribution in [0.3, 0.4) is 0 Å². The van der Waals surface area contributed by atoms with Crippen molar-refractivity contribution in [2.45, 2.75) is 12.4 Å². The molecule has 0 aliphatic carbocycles. The molecule has 0 unspecified atom stereocenters. The third-order valence-electron chi connectivity index (χ3n) is 4.48. The Morgan fingerprint density at radius 1 is 0.600 bits per heavy atom. The Hall–Kier alpha value is -4.16. The van der Waals surface area contributed by atoms with E-state index >= 15 is 0 Å². The normalized spacial score (nSPS) is 11.7. The highest BCUT2D eigenvalue weighted by Gasteiger charge is 2.32. The minimum Gasteiger partial charge on any atom is -0.319 e. The molecule has 0 atom stereocenters. The number of nitrogens with one attached hydrogen (secondary N) is 3. The van der Waals surface area contributed by atoms with Crippen LogP contribution in [0.15, 0.2) is 60.7 Å². The predicted octanol–water partition coefficient (Wildman–Crippen LogP) is 6.90. The lowest BCUT2D eigenvalue weighted by Crippen LogP contribution is -2.20. The monoisotopic (exact) mass is 503 g/mol. The summed E-state index contributed by atoms with van der Waals surface area (Å²) in [6, 6.07) is 6.50. The van der Waals surface area contributed by atoms with Crippen molar-refractivity contribution in [3.63, 3.8) is 0 Å². The molecule has 0 saturated carbocycles. The molecule has 3 N–H and O–H groups in total. The maximum atomic E-state index is 14.1. The third kappa shape index (κ3) is 6.46. The van der Waals surface area contributed by atoms with Gasteiger partial charge in [-0.1, -0.05) is 0 Å². The number of anilines is 3. The highest BCUT2D eigenvalue weighted by atomic mass is 19.4. The lowest BCUT2D eigenvalue weighted by molar-refractivity contribution is -0.138. The van der Waals surface area contributed by atoms with Gasteiger partial charge >= 0.3 is 18.4 Å². The molecular weight excluding hydrogens is 490 g/mol. The van der Waals surface area contributed by atoms with Crippen LogP contribution in [0.1, 0.15) is 21.5 Å². The first kappa shape index (κ1) is 25.5. The summed E-state index contributed by atoms with van der Waals surface area (Å²) < 4.78 is 104. The van der Waals surface area contributed by atoms with E-state index < -0.39 is 58.3 Å². The van der Waals surface area contributed by atoms with E-state index in [0.29, 0.717) is 12.1 Å². The summed E-state index contributed by atoms with van der Waals surface area (Å²) >= 11 is 0. The third-order valence-corrected chi connectivity index (χ3v) is 4.48. The molecule has 0 radical (unpaired) electrons. The summed E-state index contributed by atoms with van der Waals surface area (Å²) in [5, 5.41) is 6.42. The molecule has 5 nitrogen and oxygen atoms in total. The van der Waals surface area contributed by atoms with Crippen molar-refractivity contribution in [2.24, 2.45) is 0 Å². The summed E-state index contributed by atoms with van der Waals surface area (Å²) in [5.74, 6) is -3.70. The fourth-order valence-corrected chi connectivity index (χ4v) is 2.80. The molecule has 3 aromatic rings. The van der Waals surface area contributed by atoms with E-state index in [1.165, 1.54) is 0 Å². The molecule has 0 fully saturated rings. The second kappa shape index (κ2) is 9.60. The Morgan fingerprint density at radius 2 is 1.11 bits per heavy atom. The van der Waals surface area contributed by atoms with E-state index in [1.54, 1.807) is 0 Å². The van der Waals surface area contributed by atoms with Gasteiger partial charge in [0.2, 0.25) is 0 Å². The van der Waals surface area contributed by atoms with Crippen LogP contribution >= 0.6 is 0 Å². The van der Waals surface area contributed by atoms with E-state index in [4.69, 9.17) is 0 Å². The molecule has 0 aromatic heterocycles. The standard InChI is InChI=1S/C22H13F8N3O2/c23-16-7-3-12(22(28,29)30)9-15(16)19(34)33-18-10-14(6-8-17(18)24)32-20(35)31-13-4-1-11(2-5-13)21(25,26)27/h1-10H,(H,33,34)(H2,31,32,35). The minimum atomic E-state index is -4.85. The summed E-state index contributed by atoms with van der Waals surface area (Å²) in [4.78, 5) is 24.4. The summed E-state index contributed by atoms with van der Waals surface area (Å²) in [5.41, 5.74) is -3.89. The Bertz CT molecular complexity index is 1260. The molecule has 0 saturated heterocycles. The maximum absolute atomic E-state index is 14.1. The number of halogens is 8. The zero-order chi connectivity index (χ0) is 26.0. The van der Waals surface area contributed by atoms with Gasteiger partial charge in [0.05, 0.1) is 22.4 Å². The van der Waals surface area contributed by atoms with Crippen LogP contribution in [0.25, 0.3) is 0 Å². The van der Waals surface area contributed by atoms with Gasteiger partial charge in [-0.15, -0.1) is 0 Å². The molecule has 35 heavy (non-hydrogen) atoms. The van der Waals surface area contributed by atoms with Crippen LogP contribution in [0.5, 0.6) is 0 Å². The van der Waals surface area contributed by atoms with Gasteiger partial charge in [0.15, 0.2) is 0 Å². The summed E-state index contributed by atoms with van der Waals surface area (Å²) in [6.07, 6.45) is -9.41. The SMILES string of the molecule is O=C(Nc1ccc(C(F)(F)F)cc1)Nc1ccc(F)c(NC(=O)c2cc(C(F)(F)F)ccc2F)c1. The molecule has 184 valence electrons. The lowest BCUT2D eigenvalue weighted by atomic mass is 10.1. The van der Waals surface area contributed by atoms with Gasteiger partial charge in [0.25, 0.3) is 5.91 Å². The minimum absolute atomic E-state index is 0.00570.